The maximum Gasteiger partial charge on any atom is 0.0751 e. The molecule has 2 nitrogen and oxygen atoms in total. The average Bonchev–Trinajstić information content (AvgIpc) is 2.57. The second kappa shape index (κ2) is 6.02. The summed E-state index contributed by atoms with van der Waals surface area (Å²) >= 11 is 0. The number of nitrogens with zero attached hydrogens (tertiary/aromatic N) is 2. The molecule has 2 heteroatoms. The van der Waals surface area contributed by atoms with E-state index >= 15 is 0 Å². The number of hydrogen-bond acceptors (Lipinski definition) is 2. The number of aromatic nitrogens is 1. The van der Waals surface area contributed by atoms with Crippen molar-refractivity contribution in [3.63, 3.8) is 0 Å². The molecule has 1 heterocycles. The van der Waals surface area contributed by atoms with E-state index in [1.807, 2.05) is 72.8 Å². The minimum Gasteiger partial charge on any atom is -0.247 e. The van der Waals surface area contributed by atoms with Crippen LogP contribution in [0.4, 0.5) is 0 Å². The molecular weight excluding hydrogens is 256 g/mol. The molecular formula is C19H14N2. The Balaban J connectivity index is 2.14. The summed E-state index contributed by atoms with van der Waals surface area (Å²) in [5, 5.41) is 9.00. The predicted octanol–water partition coefficient (Wildman–Crippen LogP) is 4.48. The summed E-state index contributed by atoms with van der Waals surface area (Å²) in [7, 11) is 0. The van der Waals surface area contributed by atoms with Crippen LogP contribution in [0.25, 0.3) is 22.5 Å². The molecule has 0 amide bonds. The highest BCUT2D eigenvalue weighted by atomic mass is 14.7. The Morgan fingerprint density at radius 1 is 0.762 bits per heavy atom. The maximum atomic E-state index is 9.00. The molecule has 0 saturated heterocycles. The molecule has 0 bridgehead atoms. The van der Waals surface area contributed by atoms with Crippen LogP contribution in [0, 0.1) is 11.3 Å². The van der Waals surface area contributed by atoms with Crippen molar-refractivity contribution < 1.29 is 0 Å². The molecule has 3 rings (SSSR count). The van der Waals surface area contributed by atoms with Gasteiger partial charge in [-0.15, -0.1) is 0 Å². The van der Waals surface area contributed by atoms with Crippen molar-refractivity contribution in [1.29, 1.82) is 5.26 Å². The third-order valence-electron chi connectivity index (χ3n) is 3.37. The summed E-state index contributed by atoms with van der Waals surface area (Å²) in [5.74, 6) is 0. The van der Waals surface area contributed by atoms with Gasteiger partial charge in [-0.25, -0.2) is 4.98 Å². The predicted molar refractivity (Wildman–Crippen MR) is 84.4 cm³/mol. The number of rotatable bonds is 3. The summed E-state index contributed by atoms with van der Waals surface area (Å²) in [6.07, 6.45) is 0.367. The molecule has 21 heavy (non-hydrogen) atoms. The van der Waals surface area contributed by atoms with Crippen LogP contribution in [0.1, 0.15) is 5.56 Å². The third-order valence-corrected chi connectivity index (χ3v) is 3.37. The van der Waals surface area contributed by atoms with Crippen LogP contribution in [-0.2, 0) is 6.42 Å². The lowest BCUT2D eigenvalue weighted by Crippen LogP contribution is -1.95. The van der Waals surface area contributed by atoms with Gasteiger partial charge in [0.15, 0.2) is 0 Å². The number of hydrogen-bond donors (Lipinski definition) is 0. The van der Waals surface area contributed by atoms with Crippen LogP contribution in [0.5, 0.6) is 0 Å². The first-order valence-corrected chi connectivity index (χ1v) is 6.86. The Morgan fingerprint density at radius 2 is 1.38 bits per heavy atom. The second-order valence-electron chi connectivity index (χ2n) is 4.77. The fourth-order valence-electron chi connectivity index (χ4n) is 2.33. The first kappa shape index (κ1) is 13.1. The fraction of sp³-hybridized carbons (Fsp3) is 0.0526. The van der Waals surface area contributed by atoms with Crippen molar-refractivity contribution in [1.82, 2.24) is 4.98 Å². The van der Waals surface area contributed by atoms with Crippen molar-refractivity contribution in [3.05, 3.63) is 78.4 Å². The van der Waals surface area contributed by atoms with Gasteiger partial charge in [0.05, 0.1) is 23.9 Å². The van der Waals surface area contributed by atoms with E-state index in [0.717, 1.165) is 28.1 Å². The van der Waals surface area contributed by atoms with E-state index < -0.39 is 0 Å². The van der Waals surface area contributed by atoms with Gasteiger partial charge in [-0.2, -0.15) is 5.26 Å². The molecule has 0 N–H and O–H groups in total. The van der Waals surface area contributed by atoms with Crippen molar-refractivity contribution >= 4 is 0 Å². The molecule has 0 aliphatic heterocycles. The highest BCUT2D eigenvalue weighted by Gasteiger charge is 2.09. The van der Waals surface area contributed by atoms with Gasteiger partial charge in [-0.3, -0.25) is 0 Å². The monoisotopic (exact) mass is 270 g/mol. The zero-order valence-corrected chi connectivity index (χ0v) is 11.5. The maximum absolute atomic E-state index is 9.00. The molecule has 3 aromatic rings. The molecule has 0 atom stereocenters. The van der Waals surface area contributed by atoms with Gasteiger partial charge < -0.3 is 0 Å². The summed E-state index contributed by atoms with van der Waals surface area (Å²) in [6.45, 7) is 0. The lowest BCUT2D eigenvalue weighted by molar-refractivity contribution is 1.20. The lowest BCUT2D eigenvalue weighted by Gasteiger charge is -2.09. The molecule has 2 aromatic carbocycles. The summed E-state index contributed by atoms with van der Waals surface area (Å²) in [6, 6.07) is 26.3. The molecule has 100 valence electrons. The Labute approximate surface area is 124 Å². The SMILES string of the molecule is N#CCc1ccc(-c2ccccc2)nc1-c1ccccc1. The van der Waals surface area contributed by atoms with E-state index in [9.17, 15) is 0 Å². The van der Waals surface area contributed by atoms with Crippen molar-refractivity contribution in [3.8, 4) is 28.6 Å². The van der Waals surface area contributed by atoms with Crippen LogP contribution in [0.2, 0.25) is 0 Å². The molecule has 0 aliphatic rings. The normalized spacial score (nSPS) is 10.0. The van der Waals surface area contributed by atoms with E-state index in [1.165, 1.54) is 0 Å². The van der Waals surface area contributed by atoms with Gasteiger partial charge in [0.25, 0.3) is 0 Å². The summed E-state index contributed by atoms with van der Waals surface area (Å²) in [4.78, 5) is 4.78. The van der Waals surface area contributed by atoms with E-state index in [0.29, 0.717) is 6.42 Å². The lowest BCUT2D eigenvalue weighted by atomic mass is 10.0. The largest absolute Gasteiger partial charge is 0.247 e. The molecule has 1 aromatic heterocycles. The van der Waals surface area contributed by atoms with E-state index in [4.69, 9.17) is 10.2 Å². The van der Waals surface area contributed by atoms with Gasteiger partial charge >= 0.3 is 0 Å². The highest BCUT2D eigenvalue weighted by Crippen LogP contribution is 2.26. The van der Waals surface area contributed by atoms with Crippen LogP contribution in [0.15, 0.2) is 72.8 Å². The van der Waals surface area contributed by atoms with Gasteiger partial charge in [-0.1, -0.05) is 66.7 Å². The van der Waals surface area contributed by atoms with E-state index in [-0.39, 0.29) is 0 Å². The van der Waals surface area contributed by atoms with Crippen LogP contribution < -0.4 is 0 Å². The second-order valence-corrected chi connectivity index (χ2v) is 4.77. The molecule has 0 unspecified atom stereocenters. The number of pyridine rings is 1. The average molecular weight is 270 g/mol. The van der Waals surface area contributed by atoms with Crippen LogP contribution >= 0.6 is 0 Å². The van der Waals surface area contributed by atoms with E-state index in [2.05, 4.69) is 6.07 Å². The first-order valence-electron chi connectivity index (χ1n) is 6.86. The van der Waals surface area contributed by atoms with Gasteiger partial charge in [-0.05, 0) is 11.6 Å². The number of benzene rings is 2. The van der Waals surface area contributed by atoms with Gasteiger partial charge in [0, 0.05) is 11.1 Å². The van der Waals surface area contributed by atoms with Crippen LogP contribution in [-0.4, -0.2) is 4.98 Å². The zero-order valence-electron chi connectivity index (χ0n) is 11.5. The number of nitriles is 1. The molecule has 0 spiro atoms. The van der Waals surface area contributed by atoms with Gasteiger partial charge in [0.1, 0.15) is 0 Å². The minimum atomic E-state index is 0.367. The Hall–Kier alpha value is -2.92. The smallest absolute Gasteiger partial charge is 0.0751 e. The Bertz CT molecular complexity index is 772. The van der Waals surface area contributed by atoms with Crippen molar-refractivity contribution in [2.75, 3.05) is 0 Å². The Morgan fingerprint density at radius 3 is 2.00 bits per heavy atom. The Kier molecular flexibility index (Phi) is 3.75. The fourth-order valence-corrected chi connectivity index (χ4v) is 2.33. The summed E-state index contributed by atoms with van der Waals surface area (Å²) < 4.78 is 0. The topological polar surface area (TPSA) is 36.7 Å². The molecule has 0 radical (unpaired) electrons. The first-order chi connectivity index (χ1) is 10.4. The van der Waals surface area contributed by atoms with E-state index in [1.54, 1.807) is 0 Å². The van der Waals surface area contributed by atoms with Crippen molar-refractivity contribution in [2.24, 2.45) is 0 Å². The van der Waals surface area contributed by atoms with Crippen LogP contribution in [0.3, 0.4) is 0 Å². The van der Waals surface area contributed by atoms with Crippen molar-refractivity contribution in [2.45, 2.75) is 6.42 Å². The third kappa shape index (κ3) is 2.82. The van der Waals surface area contributed by atoms with Gasteiger partial charge in [0.2, 0.25) is 0 Å². The molecule has 0 aliphatic carbocycles. The standard InChI is InChI=1S/C19H14N2/c20-14-13-17-11-12-18(15-7-3-1-4-8-15)21-19(17)16-9-5-2-6-10-16/h1-12H,13H2. The molecule has 0 fully saturated rings. The molecule has 0 saturated carbocycles. The summed E-state index contributed by atoms with van der Waals surface area (Å²) in [5.41, 5.74) is 4.90. The minimum absolute atomic E-state index is 0.367. The quantitative estimate of drug-likeness (QED) is 0.703. The zero-order chi connectivity index (χ0) is 14.5. The highest BCUT2D eigenvalue weighted by molar-refractivity contribution is 5.69.